The van der Waals surface area contributed by atoms with Gasteiger partial charge in [0, 0.05) is 18.5 Å². The highest BCUT2D eigenvalue weighted by Crippen LogP contribution is 2.16. The number of aromatic nitrogens is 1. The molecule has 0 unspecified atom stereocenters. The number of carbonyl (C=O) groups is 1. The van der Waals surface area contributed by atoms with Crippen molar-refractivity contribution >= 4 is 11.5 Å². The number of allylic oxidation sites excluding steroid dienone is 1. The minimum atomic E-state index is -0.909. The van der Waals surface area contributed by atoms with Crippen molar-refractivity contribution in [1.29, 1.82) is 0 Å². The summed E-state index contributed by atoms with van der Waals surface area (Å²) in [7, 11) is 0. The summed E-state index contributed by atoms with van der Waals surface area (Å²) < 4.78 is 0. The van der Waals surface area contributed by atoms with E-state index in [0.29, 0.717) is 6.42 Å². The molecule has 68 valence electrons. The standard InChI is InChI=1S/C10H11NO2/c1-2-8(7-10(12)13)9-3-5-11-6-4-9/h3-7H,2H2,1H3,(H,12,13)/b8-7-. The van der Waals surface area contributed by atoms with E-state index in [1.807, 2.05) is 6.92 Å². The summed E-state index contributed by atoms with van der Waals surface area (Å²) in [5, 5.41) is 8.58. The molecule has 0 radical (unpaired) electrons. The monoisotopic (exact) mass is 177 g/mol. The summed E-state index contributed by atoms with van der Waals surface area (Å²) in [6.07, 6.45) is 5.24. The van der Waals surface area contributed by atoms with Crippen LogP contribution in [0.25, 0.3) is 5.57 Å². The zero-order chi connectivity index (χ0) is 9.68. The number of carboxylic acids is 1. The SMILES string of the molecule is CC/C(=C/C(=O)O)c1ccncc1. The van der Waals surface area contributed by atoms with Gasteiger partial charge in [-0.3, -0.25) is 4.98 Å². The Hall–Kier alpha value is -1.64. The van der Waals surface area contributed by atoms with Gasteiger partial charge in [0.25, 0.3) is 0 Å². The molecule has 1 aromatic rings. The van der Waals surface area contributed by atoms with Gasteiger partial charge < -0.3 is 5.11 Å². The van der Waals surface area contributed by atoms with Crippen LogP contribution in [0.5, 0.6) is 0 Å². The topological polar surface area (TPSA) is 50.2 Å². The Morgan fingerprint density at radius 3 is 2.62 bits per heavy atom. The van der Waals surface area contributed by atoms with Crippen LogP contribution in [0.4, 0.5) is 0 Å². The number of rotatable bonds is 3. The molecular weight excluding hydrogens is 166 g/mol. The zero-order valence-electron chi connectivity index (χ0n) is 7.40. The van der Waals surface area contributed by atoms with Gasteiger partial charge in [0.15, 0.2) is 0 Å². The molecule has 0 saturated heterocycles. The first-order chi connectivity index (χ1) is 6.24. The van der Waals surface area contributed by atoms with Gasteiger partial charge in [-0.1, -0.05) is 6.92 Å². The minimum absolute atomic E-state index is 0.705. The third-order valence-electron chi connectivity index (χ3n) is 1.73. The van der Waals surface area contributed by atoms with Gasteiger partial charge in [0.2, 0.25) is 0 Å². The lowest BCUT2D eigenvalue weighted by molar-refractivity contribution is -0.131. The molecule has 0 aliphatic heterocycles. The van der Waals surface area contributed by atoms with Crippen molar-refractivity contribution in [3.05, 3.63) is 36.2 Å². The maximum Gasteiger partial charge on any atom is 0.328 e. The molecule has 1 rings (SSSR count). The fraction of sp³-hybridized carbons (Fsp3) is 0.200. The molecule has 0 fully saturated rings. The molecule has 0 aliphatic rings. The molecule has 1 aromatic heterocycles. The highest BCUT2D eigenvalue weighted by Gasteiger charge is 2.00. The molecule has 3 nitrogen and oxygen atoms in total. The van der Waals surface area contributed by atoms with Crippen LogP contribution >= 0.6 is 0 Å². The number of carboxylic acid groups (broad SMARTS) is 1. The van der Waals surface area contributed by atoms with Crippen LogP contribution < -0.4 is 0 Å². The second-order valence-corrected chi connectivity index (χ2v) is 2.60. The van der Waals surface area contributed by atoms with Crippen LogP contribution in [0.3, 0.4) is 0 Å². The molecule has 0 aliphatic carbocycles. The predicted octanol–water partition coefficient (Wildman–Crippen LogP) is 1.96. The first kappa shape index (κ1) is 9.45. The summed E-state index contributed by atoms with van der Waals surface area (Å²) in [5.74, 6) is -0.909. The van der Waals surface area contributed by atoms with Gasteiger partial charge in [0.1, 0.15) is 0 Å². The van der Waals surface area contributed by atoms with Crippen LogP contribution in [0.1, 0.15) is 18.9 Å². The largest absolute Gasteiger partial charge is 0.478 e. The number of hydrogen-bond donors (Lipinski definition) is 1. The van der Waals surface area contributed by atoms with E-state index in [2.05, 4.69) is 4.98 Å². The second kappa shape index (κ2) is 4.40. The van der Waals surface area contributed by atoms with Crippen LogP contribution in [-0.4, -0.2) is 16.1 Å². The number of aliphatic carboxylic acids is 1. The molecule has 0 atom stereocenters. The van der Waals surface area contributed by atoms with Crippen LogP contribution in [0.15, 0.2) is 30.6 Å². The first-order valence-corrected chi connectivity index (χ1v) is 4.08. The Kier molecular flexibility index (Phi) is 3.20. The van der Waals surface area contributed by atoms with Gasteiger partial charge in [-0.05, 0) is 29.7 Å². The normalized spacial score (nSPS) is 11.3. The average Bonchev–Trinajstić information content (AvgIpc) is 2.15. The van der Waals surface area contributed by atoms with Crippen molar-refractivity contribution < 1.29 is 9.90 Å². The Morgan fingerprint density at radius 2 is 2.15 bits per heavy atom. The maximum absolute atomic E-state index is 10.4. The summed E-state index contributed by atoms with van der Waals surface area (Å²) in [5.41, 5.74) is 1.73. The molecular formula is C10H11NO2. The lowest BCUT2D eigenvalue weighted by Crippen LogP contribution is -1.91. The van der Waals surface area contributed by atoms with Gasteiger partial charge in [0.05, 0.1) is 0 Å². The lowest BCUT2D eigenvalue weighted by atomic mass is 10.1. The van der Waals surface area contributed by atoms with Crippen molar-refractivity contribution in [2.24, 2.45) is 0 Å². The Balaban J connectivity index is 2.98. The van der Waals surface area contributed by atoms with Crippen molar-refractivity contribution in [2.75, 3.05) is 0 Å². The van der Waals surface area contributed by atoms with Gasteiger partial charge in [-0.2, -0.15) is 0 Å². The molecule has 0 amide bonds. The van der Waals surface area contributed by atoms with E-state index in [-0.39, 0.29) is 0 Å². The van der Waals surface area contributed by atoms with Crippen LogP contribution in [0, 0.1) is 0 Å². The van der Waals surface area contributed by atoms with Crippen molar-refractivity contribution in [2.45, 2.75) is 13.3 Å². The van der Waals surface area contributed by atoms with Crippen molar-refractivity contribution in [3.8, 4) is 0 Å². The van der Waals surface area contributed by atoms with E-state index in [4.69, 9.17) is 5.11 Å². The van der Waals surface area contributed by atoms with Crippen molar-refractivity contribution in [1.82, 2.24) is 4.98 Å². The van der Waals surface area contributed by atoms with E-state index < -0.39 is 5.97 Å². The smallest absolute Gasteiger partial charge is 0.328 e. The van der Waals surface area contributed by atoms with E-state index in [1.54, 1.807) is 24.5 Å². The van der Waals surface area contributed by atoms with Crippen LogP contribution in [0.2, 0.25) is 0 Å². The lowest BCUT2D eigenvalue weighted by Gasteiger charge is -2.01. The van der Waals surface area contributed by atoms with Gasteiger partial charge in [-0.15, -0.1) is 0 Å². The molecule has 0 bridgehead atoms. The van der Waals surface area contributed by atoms with Gasteiger partial charge in [-0.25, -0.2) is 4.79 Å². The van der Waals surface area contributed by atoms with E-state index in [9.17, 15) is 4.79 Å². The molecule has 1 N–H and O–H groups in total. The highest BCUT2D eigenvalue weighted by molar-refractivity contribution is 5.89. The number of nitrogens with zero attached hydrogens (tertiary/aromatic N) is 1. The Labute approximate surface area is 76.7 Å². The molecule has 0 aromatic carbocycles. The molecule has 0 saturated carbocycles. The number of pyridine rings is 1. The molecule has 13 heavy (non-hydrogen) atoms. The second-order valence-electron chi connectivity index (χ2n) is 2.60. The summed E-state index contributed by atoms with van der Waals surface area (Å²) in [6, 6.07) is 3.61. The summed E-state index contributed by atoms with van der Waals surface area (Å²) in [6.45, 7) is 1.93. The van der Waals surface area contributed by atoms with E-state index in [1.165, 1.54) is 6.08 Å². The third-order valence-corrected chi connectivity index (χ3v) is 1.73. The molecule has 1 heterocycles. The van der Waals surface area contributed by atoms with Gasteiger partial charge >= 0.3 is 5.97 Å². The Bertz CT molecular complexity index is 317. The highest BCUT2D eigenvalue weighted by atomic mass is 16.4. The average molecular weight is 177 g/mol. The quantitative estimate of drug-likeness (QED) is 0.718. The zero-order valence-corrected chi connectivity index (χ0v) is 7.40. The van der Waals surface area contributed by atoms with E-state index in [0.717, 1.165) is 11.1 Å². The first-order valence-electron chi connectivity index (χ1n) is 4.08. The Morgan fingerprint density at radius 1 is 1.54 bits per heavy atom. The van der Waals surface area contributed by atoms with Crippen LogP contribution in [-0.2, 0) is 4.79 Å². The maximum atomic E-state index is 10.4. The third kappa shape index (κ3) is 2.71. The van der Waals surface area contributed by atoms with E-state index >= 15 is 0 Å². The minimum Gasteiger partial charge on any atom is -0.478 e. The fourth-order valence-corrected chi connectivity index (χ4v) is 1.10. The summed E-state index contributed by atoms with van der Waals surface area (Å²) in [4.78, 5) is 14.3. The predicted molar refractivity (Wildman–Crippen MR) is 50.1 cm³/mol. The molecule has 3 heteroatoms. The van der Waals surface area contributed by atoms with Crippen molar-refractivity contribution in [3.63, 3.8) is 0 Å². The summed E-state index contributed by atoms with van der Waals surface area (Å²) >= 11 is 0. The fourth-order valence-electron chi connectivity index (χ4n) is 1.10. The number of hydrogen-bond acceptors (Lipinski definition) is 2. The molecule has 0 spiro atoms.